The van der Waals surface area contributed by atoms with Crippen molar-refractivity contribution in [2.24, 2.45) is 7.05 Å². The van der Waals surface area contributed by atoms with E-state index in [0.717, 1.165) is 17.5 Å². The van der Waals surface area contributed by atoms with Crippen molar-refractivity contribution >= 4 is 11.0 Å². The molecule has 6 nitrogen and oxygen atoms in total. The Morgan fingerprint density at radius 1 is 1.32 bits per heavy atom. The summed E-state index contributed by atoms with van der Waals surface area (Å²) in [6, 6.07) is 3.49. The molecule has 0 spiro atoms. The van der Waals surface area contributed by atoms with Gasteiger partial charge in [0.25, 0.3) is 5.56 Å². The van der Waals surface area contributed by atoms with Gasteiger partial charge in [-0.05, 0) is 25.8 Å². The van der Waals surface area contributed by atoms with Gasteiger partial charge in [0.15, 0.2) is 0 Å². The molecule has 0 amide bonds. The van der Waals surface area contributed by atoms with E-state index in [2.05, 4.69) is 9.97 Å². The molecule has 0 saturated carbocycles. The quantitative estimate of drug-likeness (QED) is 0.807. The zero-order valence-electron chi connectivity index (χ0n) is 11.1. The number of unbranched alkanes of at least 4 members (excludes halogenated alkanes) is 1. The van der Waals surface area contributed by atoms with Crippen molar-refractivity contribution in [2.45, 2.75) is 19.8 Å². The van der Waals surface area contributed by atoms with Gasteiger partial charge in [-0.25, -0.2) is 0 Å². The number of pyridine rings is 1. The van der Waals surface area contributed by atoms with Crippen LogP contribution >= 0.6 is 0 Å². The first-order valence-corrected chi connectivity index (χ1v) is 6.21. The minimum absolute atomic E-state index is 0.114. The van der Waals surface area contributed by atoms with E-state index in [1.807, 2.05) is 6.92 Å². The summed E-state index contributed by atoms with van der Waals surface area (Å²) < 4.78 is 6.92. The third-order valence-corrected chi connectivity index (χ3v) is 2.92. The molecule has 1 N–H and O–H groups in total. The number of aliphatic hydroxyl groups excluding tert-OH is 1. The Morgan fingerprint density at radius 2 is 2.11 bits per heavy atom. The normalized spacial score (nSPS) is 10.9. The van der Waals surface area contributed by atoms with Gasteiger partial charge >= 0.3 is 6.01 Å². The lowest BCUT2D eigenvalue weighted by Crippen LogP contribution is -2.17. The molecule has 0 bridgehead atoms. The topological polar surface area (TPSA) is 77.2 Å². The fourth-order valence-corrected chi connectivity index (χ4v) is 1.80. The molecule has 0 aliphatic carbocycles. The number of ether oxygens (including phenoxy) is 1. The van der Waals surface area contributed by atoms with Crippen LogP contribution in [0.4, 0.5) is 0 Å². The fourth-order valence-electron chi connectivity index (χ4n) is 1.80. The number of aryl methyl sites for hydroxylation is 2. The fraction of sp³-hybridized carbons (Fsp3) is 0.462. The summed E-state index contributed by atoms with van der Waals surface area (Å²) in [7, 11) is 1.67. The van der Waals surface area contributed by atoms with E-state index >= 15 is 0 Å². The molecule has 6 heteroatoms. The van der Waals surface area contributed by atoms with Gasteiger partial charge in [0, 0.05) is 25.1 Å². The van der Waals surface area contributed by atoms with Crippen molar-refractivity contribution in [1.29, 1.82) is 0 Å². The van der Waals surface area contributed by atoms with Gasteiger partial charge in [0.2, 0.25) is 0 Å². The Hall–Kier alpha value is -1.95. The number of aliphatic hydroxyl groups is 1. The van der Waals surface area contributed by atoms with Crippen LogP contribution < -0.4 is 10.3 Å². The van der Waals surface area contributed by atoms with E-state index in [0.29, 0.717) is 18.7 Å². The molecular weight excluding hydrogens is 246 g/mol. The largest absolute Gasteiger partial charge is 0.463 e. The summed E-state index contributed by atoms with van der Waals surface area (Å²) in [5, 5.41) is 9.53. The number of hydrogen-bond donors (Lipinski definition) is 1. The molecule has 0 aromatic carbocycles. The Bertz CT molecular complexity index is 637. The Balaban J connectivity index is 2.32. The summed E-state index contributed by atoms with van der Waals surface area (Å²) in [5.41, 5.74) is 1.23. The zero-order valence-corrected chi connectivity index (χ0v) is 11.1. The first-order valence-electron chi connectivity index (χ1n) is 6.21. The molecule has 0 atom stereocenters. The molecule has 19 heavy (non-hydrogen) atoms. The molecule has 102 valence electrons. The maximum Gasteiger partial charge on any atom is 0.318 e. The minimum atomic E-state index is -0.114. The number of fused-ring (bicyclic) bond motifs is 1. The molecule has 2 aromatic heterocycles. The molecule has 2 rings (SSSR count). The van der Waals surface area contributed by atoms with Crippen molar-refractivity contribution in [1.82, 2.24) is 14.5 Å². The highest BCUT2D eigenvalue weighted by Crippen LogP contribution is 2.16. The van der Waals surface area contributed by atoms with Crippen LogP contribution in [0.2, 0.25) is 0 Å². The first kappa shape index (κ1) is 13.5. The van der Waals surface area contributed by atoms with Gasteiger partial charge in [0.05, 0.1) is 12.3 Å². The molecule has 0 aliphatic heterocycles. The standard InChI is InChI=1S/C13H17N3O3/c1-9-10-5-6-11(18)16(2)12(10)15-13(14-9)19-8-4-3-7-17/h5-6,17H,3-4,7-8H2,1-2H3. The summed E-state index contributed by atoms with van der Waals surface area (Å²) in [6.07, 6.45) is 1.43. The highest BCUT2D eigenvalue weighted by Gasteiger charge is 2.08. The van der Waals surface area contributed by atoms with Crippen LogP contribution in [0.15, 0.2) is 16.9 Å². The van der Waals surface area contributed by atoms with Gasteiger partial charge in [-0.3, -0.25) is 9.36 Å². The Labute approximate surface area is 110 Å². The van der Waals surface area contributed by atoms with Crippen molar-refractivity contribution in [3.8, 4) is 6.01 Å². The van der Waals surface area contributed by atoms with E-state index in [1.165, 1.54) is 10.6 Å². The molecule has 0 unspecified atom stereocenters. The lowest BCUT2D eigenvalue weighted by atomic mass is 10.2. The Morgan fingerprint density at radius 3 is 2.84 bits per heavy atom. The molecule has 0 aliphatic rings. The SMILES string of the molecule is Cc1nc(OCCCCO)nc2c1ccc(=O)n2C. The number of aromatic nitrogens is 3. The van der Waals surface area contributed by atoms with Crippen LogP contribution in [0.5, 0.6) is 6.01 Å². The molecule has 2 aromatic rings. The van der Waals surface area contributed by atoms with Gasteiger partial charge < -0.3 is 9.84 Å². The first-order chi connectivity index (χ1) is 9.13. The number of nitrogens with zero attached hydrogens (tertiary/aromatic N) is 3. The smallest absolute Gasteiger partial charge is 0.318 e. The van der Waals surface area contributed by atoms with E-state index in [-0.39, 0.29) is 18.2 Å². The number of hydrogen-bond acceptors (Lipinski definition) is 5. The number of rotatable bonds is 5. The van der Waals surface area contributed by atoms with Crippen LogP contribution in [0.3, 0.4) is 0 Å². The van der Waals surface area contributed by atoms with Crippen molar-refractivity contribution in [2.75, 3.05) is 13.2 Å². The second-order valence-electron chi connectivity index (χ2n) is 4.34. The average Bonchev–Trinajstić information content (AvgIpc) is 2.39. The lowest BCUT2D eigenvalue weighted by molar-refractivity contribution is 0.244. The summed E-state index contributed by atoms with van der Waals surface area (Å²) in [5.74, 6) is 0. The van der Waals surface area contributed by atoms with E-state index in [4.69, 9.17) is 9.84 Å². The van der Waals surface area contributed by atoms with Crippen LogP contribution in [0.1, 0.15) is 18.5 Å². The van der Waals surface area contributed by atoms with Crippen LogP contribution in [0.25, 0.3) is 11.0 Å². The highest BCUT2D eigenvalue weighted by molar-refractivity contribution is 5.77. The predicted octanol–water partition coefficient (Wildman–Crippen LogP) is 0.788. The minimum Gasteiger partial charge on any atom is -0.463 e. The molecular formula is C13H17N3O3. The molecule has 2 heterocycles. The summed E-state index contributed by atoms with van der Waals surface area (Å²) in [4.78, 5) is 20.1. The van der Waals surface area contributed by atoms with E-state index in [9.17, 15) is 4.79 Å². The van der Waals surface area contributed by atoms with Gasteiger partial charge in [-0.1, -0.05) is 0 Å². The highest BCUT2D eigenvalue weighted by atomic mass is 16.5. The van der Waals surface area contributed by atoms with Crippen LogP contribution in [-0.4, -0.2) is 32.9 Å². The van der Waals surface area contributed by atoms with Gasteiger partial charge in [-0.15, -0.1) is 0 Å². The maximum absolute atomic E-state index is 11.6. The summed E-state index contributed by atoms with van der Waals surface area (Å²) in [6.45, 7) is 2.46. The Kier molecular flexibility index (Phi) is 4.11. The van der Waals surface area contributed by atoms with Crippen molar-refractivity contribution in [3.05, 3.63) is 28.2 Å². The van der Waals surface area contributed by atoms with Gasteiger partial charge in [-0.2, -0.15) is 9.97 Å². The molecule has 0 fully saturated rings. The van der Waals surface area contributed by atoms with Crippen LogP contribution in [-0.2, 0) is 7.05 Å². The molecule has 0 radical (unpaired) electrons. The summed E-state index contributed by atoms with van der Waals surface area (Å²) >= 11 is 0. The zero-order chi connectivity index (χ0) is 13.8. The molecule has 0 saturated heterocycles. The van der Waals surface area contributed by atoms with E-state index < -0.39 is 0 Å². The predicted molar refractivity (Wildman–Crippen MR) is 71.3 cm³/mol. The second kappa shape index (κ2) is 5.79. The second-order valence-corrected chi connectivity index (χ2v) is 4.34. The third-order valence-electron chi connectivity index (χ3n) is 2.92. The van der Waals surface area contributed by atoms with Crippen LogP contribution in [0, 0.1) is 6.92 Å². The van der Waals surface area contributed by atoms with Crippen molar-refractivity contribution < 1.29 is 9.84 Å². The van der Waals surface area contributed by atoms with E-state index in [1.54, 1.807) is 13.1 Å². The lowest BCUT2D eigenvalue weighted by Gasteiger charge is -2.09. The van der Waals surface area contributed by atoms with Crippen molar-refractivity contribution in [3.63, 3.8) is 0 Å². The average molecular weight is 263 g/mol. The van der Waals surface area contributed by atoms with Gasteiger partial charge in [0.1, 0.15) is 5.65 Å². The third kappa shape index (κ3) is 2.90. The monoisotopic (exact) mass is 263 g/mol. The maximum atomic E-state index is 11.6.